The first kappa shape index (κ1) is 75.0. The van der Waals surface area contributed by atoms with Crippen molar-refractivity contribution >= 4 is 88.9 Å². The van der Waals surface area contributed by atoms with Crippen molar-refractivity contribution in [3.05, 3.63) is 35.9 Å². The number of aliphatic hydroxyl groups excluding tert-OH is 1. The summed E-state index contributed by atoms with van der Waals surface area (Å²) >= 11 is 0. The standard InChI is InChI=1S/C55H89N19O16/c1-29(2)24-37(67-45(80)31(5)62-43(79)26-57)53(88)74-23-11-15-39(74)51(86)64-35-19-22-60-55(90)73-71-42(78)17-16-41(77)70-72-54(89)59-21-18-34(48(83)66-36(46(81)61-27-40(58)76)25-32-12-7-6-8-13-32)63-50(85)38(28-75)68-47(82)33(14-9-10-20-56)65-52(87)44(30(3)4)69-49(35)84/h6-8,12-13,29-31,33-39,44,75H,9-11,14-28,56-57H2,1-5H3,(H2,58,76)(H,61,81)(H,62,79)(H,63,85)(H,64,86)(H,65,87)(H,66,83)(H,67,80)(H,68,82)(H,69,84)(H,70,77)(H,71,78)(H2,59,72,89)(H2,60,73,90)/t31-,33-,34-,35?,36-,37-,38?,39-,44?/m0/s1. The zero-order chi connectivity index (χ0) is 67.0. The van der Waals surface area contributed by atoms with E-state index in [2.05, 4.69) is 74.8 Å². The number of hydrogen-bond acceptors (Lipinski definition) is 18. The molecule has 9 atom stereocenters. The molecule has 22 N–H and O–H groups in total. The van der Waals surface area contributed by atoms with Gasteiger partial charge in [0.15, 0.2) is 0 Å². The Morgan fingerprint density at radius 2 is 1.28 bits per heavy atom. The summed E-state index contributed by atoms with van der Waals surface area (Å²) in [6.45, 7) is 5.46. The van der Waals surface area contributed by atoms with Gasteiger partial charge in [0.1, 0.15) is 54.4 Å². The van der Waals surface area contributed by atoms with Crippen LogP contribution in [0.2, 0.25) is 0 Å². The number of aliphatic hydroxyl groups is 1. The van der Waals surface area contributed by atoms with Gasteiger partial charge in [-0.15, -0.1) is 0 Å². The number of rotatable bonds is 22. The van der Waals surface area contributed by atoms with E-state index in [0.717, 1.165) is 0 Å². The second kappa shape index (κ2) is 38.9. The van der Waals surface area contributed by atoms with Crippen LogP contribution in [0, 0.1) is 11.8 Å². The fourth-order valence-electron chi connectivity index (χ4n) is 9.20. The normalized spacial score (nSPS) is 21.7. The van der Waals surface area contributed by atoms with E-state index >= 15 is 0 Å². The summed E-state index contributed by atoms with van der Waals surface area (Å²) in [6.07, 6.45) is -0.996. The molecule has 3 rings (SSSR count). The van der Waals surface area contributed by atoms with Gasteiger partial charge < -0.3 is 85.7 Å². The zero-order valence-electron chi connectivity index (χ0n) is 51.2. The van der Waals surface area contributed by atoms with Crippen LogP contribution in [0.15, 0.2) is 30.3 Å². The monoisotopic (exact) mass is 1270 g/mol. The summed E-state index contributed by atoms with van der Waals surface area (Å²) in [5.74, 6) is -12.3. The van der Waals surface area contributed by atoms with E-state index in [4.69, 9.17) is 17.2 Å². The largest absolute Gasteiger partial charge is 0.394 e. The third kappa shape index (κ3) is 26.6. The van der Waals surface area contributed by atoms with Gasteiger partial charge in [0, 0.05) is 38.9 Å². The molecule has 2 saturated heterocycles. The number of nitrogens with two attached hydrogens (primary N) is 3. The number of hydrogen-bond donors (Lipinski definition) is 19. The Morgan fingerprint density at radius 1 is 0.667 bits per heavy atom. The average Bonchev–Trinajstić information content (AvgIpc) is 1.90. The molecule has 0 saturated carbocycles. The molecular weight excluding hydrogens is 1180 g/mol. The molecule has 0 radical (unpaired) electrons. The first-order chi connectivity index (χ1) is 42.7. The number of carbonyl (C=O) groups excluding carboxylic acids is 15. The second-order valence-electron chi connectivity index (χ2n) is 22.2. The number of hydrazine groups is 2. The molecule has 17 amide bonds. The highest BCUT2D eigenvalue weighted by Gasteiger charge is 2.41. The molecule has 2 fully saturated rings. The summed E-state index contributed by atoms with van der Waals surface area (Å²) < 4.78 is 0. The van der Waals surface area contributed by atoms with Crippen molar-refractivity contribution in [3.63, 3.8) is 0 Å². The smallest absolute Gasteiger partial charge is 0.333 e. The van der Waals surface area contributed by atoms with E-state index in [9.17, 15) is 77.0 Å². The van der Waals surface area contributed by atoms with Crippen LogP contribution in [0.3, 0.4) is 0 Å². The minimum atomic E-state index is -1.84. The van der Waals surface area contributed by atoms with Crippen molar-refractivity contribution in [1.82, 2.24) is 85.1 Å². The third-order valence-corrected chi connectivity index (χ3v) is 14.0. The molecule has 0 aliphatic carbocycles. The van der Waals surface area contributed by atoms with Crippen molar-refractivity contribution in [2.75, 3.05) is 45.9 Å². The molecule has 1 aromatic carbocycles. The van der Waals surface area contributed by atoms with Crippen LogP contribution in [0.25, 0.3) is 0 Å². The van der Waals surface area contributed by atoms with Gasteiger partial charge in [-0.1, -0.05) is 58.0 Å². The first-order valence-electron chi connectivity index (χ1n) is 29.7. The summed E-state index contributed by atoms with van der Waals surface area (Å²) in [5, 5.41) is 37.8. The van der Waals surface area contributed by atoms with Gasteiger partial charge in [-0.05, 0) is 82.2 Å². The Balaban J connectivity index is 2.02. The lowest BCUT2D eigenvalue weighted by Crippen LogP contribution is -2.61. The van der Waals surface area contributed by atoms with E-state index in [1.54, 1.807) is 58.0 Å². The molecule has 90 heavy (non-hydrogen) atoms. The molecule has 2 aliphatic rings. The molecular formula is C55H89N19O16. The van der Waals surface area contributed by atoms with Crippen molar-refractivity contribution in [2.24, 2.45) is 29.0 Å². The van der Waals surface area contributed by atoms with E-state index in [1.807, 2.05) is 5.43 Å². The van der Waals surface area contributed by atoms with Gasteiger partial charge in [-0.3, -0.25) is 73.2 Å². The molecule has 0 bridgehead atoms. The molecule has 3 unspecified atom stereocenters. The Bertz CT molecular complexity index is 2690. The van der Waals surface area contributed by atoms with Gasteiger partial charge in [0.2, 0.25) is 76.8 Å². The van der Waals surface area contributed by atoms with Crippen LogP contribution in [0.4, 0.5) is 9.59 Å². The van der Waals surface area contributed by atoms with E-state index < -0.39 is 188 Å². The van der Waals surface area contributed by atoms with Crippen molar-refractivity contribution in [1.29, 1.82) is 0 Å². The van der Waals surface area contributed by atoms with Crippen LogP contribution in [0.5, 0.6) is 0 Å². The predicted molar refractivity (Wildman–Crippen MR) is 319 cm³/mol. The molecule has 2 heterocycles. The average molecular weight is 1270 g/mol. The summed E-state index contributed by atoms with van der Waals surface area (Å²) in [7, 11) is 0. The number of benzene rings is 1. The van der Waals surface area contributed by atoms with E-state index in [0.29, 0.717) is 18.4 Å². The number of urea groups is 2. The van der Waals surface area contributed by atoms with Crippen molar-refractivity contribution in [2.45, 2.75) is 160 Å². The molecule has 0 aromatic heterocycles. The zero-order valence-corrected chi connectivity index (χ0v) is 51.2. The molecule has 500 valence electrons. The Kier molecular flexibility index (Phi) is 32.4. The SMILES string of the molecule is CC(C)C[C@H](NC(=O)[C@H](C)NC(=O)CN)C(=O)N1CCC[C@H]1C(=O)NC1CCNC(=O)NNC(=O)CCC(=O)NNC(=O)NCC[C@@H](C(=O)N[C@@H](Cc2ccccc2)C(=O)NCC(N)=O)NC(=O)C(CO)NC(=O)[C@H](CCCCN)NC(=O)C(C(C)C)NC1=O. The molecule has 35 heteroatoms. The van der Waals surface area contributed by atoms with Crippen LogP contribution in [-0.2, 0) is 68.7 Å². The first-order valence-corrected chi connectivity index (χ1v) is 29.7. The minimum absolute atomic E-state index is 0.0694. The highest BCUT2D eigenvalue weighted by Crippen LogP contribution is 2.21. The Labute approximate surface area is 519 Å². The lowest BCUT2D eigenvalue weighted by atomic mass is 10.0. The fourth-order valence-corrected chi connectivity index (χ4v) is 9.20. The predicted octanol–water partition coefficient (Wildman–Crippen LogP) is -7.26. The number of nitrogens with one attached hydrogen (secondary N) is 15. The third-order valence-electron chi connectivity index (χ3n) is 14.0. The highest BCUT2D eigenvalue weighted by atomic mass is 16.3. The Morgan fingerprint density at radius 3 is 1.86 bits per heavy atom. The fraction of sp³-hybridized carbons (Fsp3) is 0.618. The molecule has 0 spiro atoms. The minimum Gasteiger partial charge on any atom is -0.394 e. The van der Waals surface area contributed by atoms with Crippen molar-refractivity contribution in [3.8, 4) is 0 Å². The number of nitrogens with zero attached hydrogens (tertiary/aromatic N) is 1. The van der Waals surface area contributed by atoms with Crippen LogP contribution in [-0.4, -0.2) is 199 Å². The number of primary amides is 1. The van der Waals surface area contributed by atoms with Gasteiger partial charge >= 0.3 is 12.1 Å². The lowest BCUT2D eigenvalue weighted by Gasteiger charge is -2.31. The molecule has 1 aromatic rings. The topological polar surface area (TPSA) is 538 Å². The number of carbonyl (C=O) groups is 15. The molecule has 35 nitrogen and oxygen atoms in total. The maximum Gasteiger partial charge on any atom is 0.333 e. The maximum atomic E-state index is 14.5. The van der Waals surface area contributed by atoms with Gasteiger partial charge in [-0.2, -0.15) is 0 Å². The number of unbranched alkanes of at least 4 members (excludes halogenated alkanes) is 1. The molecule has 2 aliphatic heterocycles. The van der Waals surface area contributed by atoms with Gasteiger partial charge in [0.05, 0.1) is 19.7 Å². The summed E-state index contributed by atoms with van der Waals surface area (Å²) in [5.41, 5.74) is 25.2. The Hall–Kier alpha value is -9.25. The van der Waals surface area contributed by atoms with Crippen molar-refractivity contribution < 1.29 is 77.0 Å². The van der Waals surface area contributed by atoms with E-state index in [-0.39, 0.29) is 70.6 Å². The summed E-state index contributed by atoms with van der Waals surface area (Å²) in [4.78, 5) is 202. The van der Waals surface area contributed by atoms with Gasteiger partial charge in [0.25, 0.3) is 0 Å². The maximum absolute atomic E-state index is 14.5. The highest BCUT2D eigenvalue weighted by molar-refractivity contribution is 5.99. The summed E-state index contributed by atoms with van der Waals surface area (Å²) in [6, 6.07) is -6.56. The number of likely N-dealkylation sites (tertiary alicyclic amines) is 1. The van der Waals surface area contributed by atoms with Crippen LogP contribution < -0.4 is 97.4 Å². The quantitative estimate of drug-likeness (QED) is 0.0480. The van der Waals surface area contributed by atoms with Gasteiger partial charge in [-0.25, -0.2) is 20.4 Å². The van der Waals surface area contributed by atoms with E-state index in [1.165, 1.54) is 11.8 Å². The van der Waals surface area contributed by atoms with Crippen LogP contribution >= 0.6 is 0 Å². The lowest BCUT2D eigenvalue weighted by molar-refractivity contribution is -0.143. The van der Waals surface area contributed by atoms with Crippen LogP contribution in [0.1, 0.15) is 104 Å². The second-order valence-corrected chi connectivity index (χ2v) is 22.2. The number of amides is 17.